The van der Waals surface area contributed by atoms with E-state index in [1.54, 1.807) is 7.11 Å². The number of ether oxygens (including phenoxy) is 1. The molecule has 0 saturated heterocycles. The van der Waals surface area contributed by atoms with Crippen molar-refractivity contribution in [3.05, 3.63) is 42.1 Å². The van der Waals surface area contributed by atoms with Crippen LogP contribution in [0.2, 0.25) is 0 Å². The molecule has 7 heteroatoms. The molecule has 1 N–H and O–H groups in total. The highest BCUT2D eigenvalue weighted by molar-refractivity contribution is 7.09. The average molecular weight is 289 g/mol. The van der Waals surface area contributed by atoms with Gasteiger partial charge in [0.05, 0.1) is 18.8 Å². The van der Waals surface area contributed by atoms with Gasteiger partial charge in [-0.05, 0) is 12.1 Å². The number of hydrogen-bond donors (Lipinski definition) is 1. The van der Waals surface area contributed by atoms with E-state index in [1.165, 1.54) is 11.5 Å². The number of nitrogens with one attached hydrogen (secondary N) is 1. The average Bonchev–Trinajstić information content (AvgIpc) is 3.09. The van der Waals surface area contributed by atoms with Crippen LogP contribution in [-0.4, -0.2) is 32.5 Å². The van der Waals surface area contributed by atoms with Gasteiger partial charge in [-0.3, -0.25) is 0 Å². The molecule has 0 spiro atoms. The lowest BCUT2D eigenvalue weighted by Gasteiger charge is -1.97. The molecule has 0 radical (unpaired) electrons. The SMILES string of the molecule is COCCc1nsc(NCc2cn3ccccc3n2)n1. The van der Waals surface area contributed by atoms with Gasteiger partial charge in [0.25, 0.3) is 0 Å². The zero-order valence-electron chi connectivity index (χ0n) is 11.1. The van der Waals surface area contributed by atoms with Crippen molar-refractivity contribution in [2.75, 3.05) is 19.0 Å². The molecule has 0 amide bonds. The van der Waals surface area contributed by atoms with E-state index in [0.29, 0.717) is 13.2 Å². The molecule has 3 rings (SSSR count). The molecule has 3 heterocycles. The summed E-state index contributed by atoms with van der Waals surface area (Å²) >= 11 is 1.36. The Labute approximate surface area is 120 Å². The van der Waals surface area contributed by atoms with E-state index < -0.39 is 0 Å². The quantitative estimate of drug-likeness (QED) is 0.752. The van der Waals surface area contributed by atoms with Crippen molar-refractivity contribution < 1.29 is 4.74 Å². The van der Waals surface area contributed by atoms with E-state index in [2.05, 4.69) is 19.7 Å². The first-order valence-electron chi connectivity index (χ1n) is 6.33. The van der Waals surface area contributed by atoms with Gasteiger partial charge in [0, 0.05) is 37.5 Å². The van der Waals surface area contributed by atoms with Crippen LogP contribution in [0.15, 0.2) is 30.6 Å². The maximum Gasteiger partial charge on any atom is 0.202 e. The fourth-order valence-corrected chi connectivity index (χ4v) is 2.47. The lowest BCUT2D eigenvalue weighted by Crippen LogP contribution is -2.00. The molecular weight excluding hydrogens is 274 g/mol. The summed E-state index contributed by atoms with van der Waals surface area (Å²) in [6.07, 6.45) is 4.73. The Hall–Kier alpha value is -1.99. The fraction of sp³-hybridized carbons (Fsp3) is 0.308. The van der Waals surface area contributed by atoms with Crippen LogP contribution in [0.1, 0.15) is 11.5 Å². The predicted molar refractivity (Wildman–Crippen MR) is 78.0 cm³/mol. The summed E-state index contributed by atoms with van der Waals surface area (Å²) in [6.45, 7) is 1.28. The summed E-state index contributed by atoms with van der Waals surface area (Å²) in [5, 5.41) is 4.06. The Morgan fingerprint density at radius 1 is 1.35 bits per heavy atom. The van der Waals surface area contributed by atoms with Crippen LogP contribution >= 0.6 is 11.5 Å². The van der Waals surface area contributed by atoms with Gasteiger partial charge >= 0.3 is 0 Å². The van der Waals surface area contributed by atoms with Gasteiger partial charge in [0.15, 0.2) is 0 Å². The Bertz CT molecular complexity index is 660. The predicted octanol–water partition coefficient (Wildman–Crippen LogP) is 1.99. The minimum atomic E-state index is 0.639. The molecule has 0 aliphatic carbocycles. The zero-order valence-corrected chi connectivity index (χ0v) is 11.9. The third-order valence-corrected chi connectivity index (χ3v) is 3.54. The monoisotopic (exact) mass is 289 g/mol. The van der Waals surface area contributed by atoms with Gasteiger partial charge < -0.3 is 14.5 Å². The van der Waals surface area contributed by atoms with Gasteiger partial charge in [-0.15, -0.1) is 0 Å². The Kier molecular flexibility index (Phi) is 3.89. The molecule has 0 bridgehead atoms. The number of pyridine rings is 1. The van der Waals surface area contributed by atoms with Crippen LogP contribution in [0.3, 0.4) is 0 Å². The largest absolute Gasteiger partial charge is 0.384 e. The van der Waals surface area contributed by atoms with Crippen LogP contribution < -0.4 is 5.32 Å². The van der Waals surface area contributed by atoms with Crippen LogP contribution in [0, 0.1) is 0 Å². The second-order valence-electron chi connectivity index (χ2n) is 4.31. The number of imidazole rings is 1. The number of nitrogens with zero attached hydrogens (tertiary/aromatic N) is 4. The topological polar surface area (TPSA) is 64.3 Å². The minimum absolute atomic E-state index is 0.639. The summed E-state index contributed by atoms with van der Waals surface area (Å²) < 4.78 is 11.3. The molecule has 0 aliphatic rings. The molecule has 0 saturated carbocycles. The molecule has 0 unspecified atom stereocenters. The first-order chi connectivity index (χ1) is 9.85. The van der Waals surface area contributed by atoms with E-state index >= 15 is 0 Å². The molecule has 104 valence electrons. The molecular formula is C13H15N5OS. The standard InChI is InChI=1S/C13H15N5OS/c1-19-7-5-11-16-13(20-17-11)14-8-10-9-18-6-3-2-4-12(18)15-10/h2-4,6,9H,5,7-8H2,1H3,(H,14,16,17). The van der Waals surface area contributed by atoms with Crippen LogP contribution in [-0.2, 0) is 17.7 Å². The summed E-state index contributed by atoms with van der Waals surface area (Å²) in [6, 6.07) is 5.95. The van der Waals surface area contributed by atoms with E-state index in [4.69, 9.17) is 4.74 Å². The van der Waals surface area contributed by atoms with E-state index in [0.717, 1.165) is 28.7 Å². The van der Waals surface area contributed by atoms with Crippen molar-refractivity contribution in [1.29, 1.82) is 0 Å². The fourth-order valence-electron chi connectivity index (χ4n) is 1.86. The summed E-state index contributed by atoms with van der Waals surface area (Å²) in [5.74, 6) is 0.814. The van der Waals surface area contributed by atoms with Gasteiger partial charge in [0.1, 0.15) is 11.5 Å². The number of fused-ring (bicyclic) bond motifs is 1. The van der Waals surface area contributed by atoms with Gasteiger partial charge in [0.2, 0.25) is 5.13 Å². The third kappa shape index (κ3) is 2.94. The van der Waals surface area contributed by atoms with E-state index in [-0.39, 0.29) is 0 Å². The molecule has 20 heavy (non-hydrogen) atoms. The highest BCUT2D eigenvalue weighted by Gasteiger charge is 2.05. The number of rotatable bonds is 6. The van der Waals surface area contributed by atoms with E-state index in [1.807, 2.05) is 35.0 Å². The molecule has 0 aliphatic heterocycles. The zero-order chi connectivity index (χ0) is 13.8. The van der Waals surface area contributed by atoms with Crippen molar-refractivity contribution in [3.8, 4) is 0 Å². The highest BCUT2D eigenvalue weighted by atomic mass is 32.1. The highest BCUT2D eigenvalue weighted by Crippen LogP contribution is 2.13. The number of aromatic nitrogens is 4. The maximum absolute atomic E-state index is 5.01. The third-order valence-electron chi connectivity index (χ3n) is 2.83. The Morgan fingerprint density at radius 2 is 2.30 bits per heavy atom. The van der Waals surface area contributed by atoms with Crippen molar-refractivity contribution >= 4 is 22.3 Å². The van der Waals surface area contributed by atoms with Crippen molar-refractivity contribution in [1.82, 2.24) is 18.7 Å². The number of methoxy groups -OCH3 is 1. The van der Waals surface area contributed by atoms with Gasteiger partial charge in [-0.25, -0.2) is 9.97 Å². The van der Waals surface area contributed by atoms with Crippen molar-refractivity contribution in [2.45, 2.75) is 13.0 Å². The van der Waals surface area contributed by atoms with Gasteiger partial charge in [-0.1, -0.05) is 6.07 Å². The molecule has 6 nitrogen and oxygen atoms in total. The molecule has 3 aromatic rings. The first-order valence-corrected chi connectivity index (χ1v) is 7.10. The van der Waals surface area contributed by atoms with Crippen LogP contribution in [0.5, 0.6) is 0 Å². The molecule has 0 fully saturated rings. The number of hydrogen-bond acceptors (Lipinski definition) is 6. The first kappa shape index (κ1) is 13.0. The lowest BCUT2D eigenvalue weighted by molar-refractivity contribution is 0.201. The summed E-state index contributed by atoms with van der Waals surface area (Å²) in [4.78, 5) is 8.92. The summed E-state index contributed by atoms with van der Waals surface area (Å²) in [5.41, 5.74) is 1.92. The lowest BCUT2D eigenvalue weighted by atomic mass is 10.4. The molecule has 0 atom stereocenters. The minimum Gasteiger partial charge on any atom is -0.384 e. The Balaban J connectivity index is 1.62. The van der Waals surface area contributed by atoms with Gasteiger partial charge in [-0.2, -0.15) is 4.37 Å². The van der Waals surface area contributed by atoms with Crippen molar-refractivity contribution in [2.24, 2.45) is 0 Å². The van der Waals surface area contributed by atoms with Crippen molar-refractivity contribution in [3.63, 3.8) is 0 Å². The number of anilines is 1. The van der Waals surface area contributed by atoms with Crippen LogP contribution in [0.25, 0.3) is 5.65 Å². The normalized spacial score (nSPS) is 11.1. The Morgan fingerprint density at radius 3 is 3.15 bits per heavy atom. The smallest absolute Gasteiger partial charge is 0.202 e. The van der Waals surface area contributed by atoms with Crippen LogP contribution in [0.4, 0.5) is 5.13 Å². The second kappa shape index (κ2) is 5.98. The second-order valence-corrected chi connectivity index (χ2v) is 5.06. The maximum atomic E-state index is 5.01. The summed E-state index contributed by atoms with van der Waals surface area (Å²) in [7, 11) is 1.68. The van der Waals surface area contributed by atoms with E-state index in [9.17, 15) is 0 Å². The molecule has 3 aromatic heterocycles. The molecule has 0 aromatic carbocycles.